The van der Waals surface area contributed by atoms with Gasteiger partial charge in [0, 0.05) is 6.04 Å². The van der Waals surface area contributed by atoms with E-state index >= 15 is 0 Å². The first-order chi connectivity index (χ1) is 6.00. The lowest BCUT2D eigenvalue weighted by atomic mass is 9.79. The average molecular weight is 183 g/mol. The summed E-state index contributed by atoms with van der Waals surface area (Å²) in [6.45, 7) is 10.8. The van der Waals surface area contributed by atoms with Crippen molar-refractivity contribution in [2.24, 2.45) is 11.1 Å². The molecule has 1 atom stereocenters. The van der Waals surface area contributed by atoms with E-state index in [2.05, 4.69) is 26.8 Å². The SMILES string of the molecule is CC.CC(C)(C)C1=CC[C@@H](N)CC1. The summed E-state index contributed by atoms with van der Waals surface area (Å²) < 4.78 is 0. The van der Waals surface area contributed by atoms with E-state index in [0.717, 1.165) is 6.42 Å². The van der Waals surface area contributed by atoms with Crippen molar-refractivity contribution in [3.63, 3.8) is 0 Å². The van der Waals surface area contributed by atoms with Gasteiger partial charge in [0.1, 0.15) is 0 Å². The van der Waals surface area contributed by atoms with Crippen LogP contribution in [-0.4, -0.2) is 6.04 Å². The molecule has 0 saturated heterocycles. The molecule has 1 aliphatic carbocycles. The molecule has 13 heavy (non-hydrogen) atoms. The normalized spacial score (nSPS) is 22.9. The van der Waals surface area contributed by atoms with E-state index in [1.807, 2.05) is 13.8 Å². The first-order valence-electron chi connectivity index (χ1n) is 5.45. The minimum absolute atomic E-state index is 0.361. The largest absolute Gasteiger partial charge is 0.327 e. The summed E-state index contributed by atoms with van der Waals surface area (Å²) >= 11 is 0. The van der Waals surface area contributed by atoms with Crippen LogP contribution in [0.2, 0.25) is 0 Å². The van der Waals surface area contributed by atoms with Crippen LogP contribution in [0.15, 0.2) is 11.6 Å². The number of allylic oxidation sites excluding steroid dienone is 1. The number of hydrogen-bond acceptors (Lipinski definition) is 1. The van der Waals surface area contributed by atoms with Crippen LogP contribution in [0.25, 0.3) is 0 Å². The van der Waals surface area contributed by atoms with Crippen molar-refractivity contribution in [1.29, 1.82) is 0 Å². The molecule has 0 aromatic rings. The van der Waals surface area contributed by atoms with Crippen LogP contribution in [0, 0.1) is 5.41 Å². The third kappa shape index (κ3) is 4.47. The molecule has 0 unspecified atom stereocenters. The minimum Gasteiger partial charge on any atom is -0.327 e. The van der Waals surface area contributed by atoms with E-state index < -0.39 is 0 Å². The molecule has 0 heterocycles. The van der Waals surface area contributed by atoms with E-state index in [1.165, 1.54) is 12.8 Å². The van der Waals surface area contributed by atoms with Crippen molar-refractivity contribution in [2.75, 3.05) is 0 Å². The van der Waals surface area contributed by atoms with E-state index in [0.29, 0.717) is 11.5 Å². The van der Waals surface area contributed by atoms with Gasteiger partial charge in [0.15, 0.2) is 0 Å². The van der Waals surface area contributed by atoms with Gasteiger partial charge in [-0.05, 0) is 24.7 Å². The molecule has 1 aliphatic rings. The van der Waals surface area contributed by atoms with Gasteiger partial charge in [-0.15, -0.1) is 0 Å². The highest BCUT2D eigenvalue weighted by Crippen LogP contribution is 2.32. The van der Waals surface area contributed by atoms with Crippen molar-refractivity contribution in [1.82, 2.24) is 0 Å². The first-order valence-corrected chi connectivity index (χ1v) is 5.45. The monoisotopic (exact) mass is 183 g/mol. The van der Waals surface area contributed by atoms with Gasteiger partial charge in [0.2, 0.25) is 0 Å². The molecule has 2 N–H and O–H groups in total. The van der Waals surface area contributed by atoms with Crippen molar-refractivity contribution in [3.8, 4) is 0 Å². The highest BCUT2D eigenvalue weighted by atomic mass is 14.6. The summed E-state index contributed by atoms with van der Waals surface area (Å²) in [4.78, 5) is 0. The Balaban J connectivity index is 0.000000671. The molecule has 1 heteroatoms. The quantitative estimate of drug-likeness (QED) is 0.572. The Morgan fingerprint density at radius 2 is 1.85 bits per heavy atom. The molecule has 1 rings (SSSR count). The third-order valence-electron chi connectivity index (χ3n) is 2.41. The molecular weight excluding hydrogens is 158 g/mol. The van der Waals surface area contributed by atoms with Gasteiger partial charge in [0.25, 0.3) is 0 Å². The molecule has 0 spiro atoms. The Kier molecular flexibility index (Phi) is 5.31. The first kappa shape index (κ1) is 12.7. The highest BCUT2D eigenvalue weighted by molar-refractivity contribution is 5.14. The summed E-state index contributed by atoms with van der Waals surface area (Å²) in [5.41, 5.74) is 7.74. The Morgan fingerprint density at radius 3 is 2.15 bits per heavy atom. The lowest BCUT2D eigenvalue weighted by Crippen LogP contribution is -2.24. The predicted octanol–water partition coefficient (Wildman–Crippen LogP) is 3.50. The minimum atomic E-state index is 0.361. The zero-order chi connectivity index (χ0) is 10.5. The smallest absolute Gasteiger partial charge is 0.00765 e. The molecular formula is C12H25N. The van der Waals surface area contributed by atoms with Gasteiger partial charge in [-0.2, -0.15) is 0 Å². The number of rotatable bonds is 0. The van der Waals surface area contributed by atoms with Crippen molar-refractivity contribution >= 4 is 0 Å². The van der Waals surface area contributed by atoms with Crippen molar-refractivity contribution in [2.45, 2.75) is 59.9 Å². The fourth-order valence-electron chi connectivity index (χ4n) is 1.54. The van der Waals surface area contributed by atoms with Crippen LogP contribution in [-0.2, 0) is 0 Å². The highest BCUT2D eigenvalue weighted by Gasteiger charge is 2.20. The molecule has 0 saturated carbocycles. The van der Waals surface area contributed by atoms with E-state index in [9.17, 15) is 0 Å². The average Bonchev–Trinajstić information content (AvgIpc) is 2.07. The lowest BCUT2D eigenvalue weighted by molar-refractivity contribution is 0.444. The molecule has 78 valence electrons. The molecule has 0 amide bonds. The van der Waals surface area contributed by atoms with Crippen LogP contribution in [0.4, 0.5) is 0 Å². The zero-order valence-corrected chi connectivity index (χ0v) is 9.85. The van der Waals surface area contributed by atoms with Gasteiger partial charge in [-0.25, -0.2) is 0 Å². The molecule has 0 aromatic carbocycles. The molecule has 1 nitrogen and oxygen atoms in total. The second-order valence-electron chi connectivity index (χ2n) is 4.51. The van der Waals surface area contributed by atoms with Crippen LogP contribution in [0.5, 0.6) is 0 Å². The fourth-order valence-corrected chi connectivity index (χ4v) is 1.54. The topological polar surface area (TPSA) is 26.0 Å². The Labute approximate surface area is 83.4 Å². The van der Waals surface area contributed by atoms with Gasteiger partial charge in [-0.1, -0.05) is 46.3 Å². The van der Waals surface area contributed by atoms with Crippen LogP contribution in [0.3, 0.4) is 0 Å². The predicted molar refractivity (Wildman–Crippen MR) is 60.7 cm³/mol. The molecule has 0 fully saturated rings. The second kappa shape index (κ2) is 5.43. The van der Waals surface area contributed by atoms with Crippen LogP contribution in [0.1, 0.15) is 53.9 Å². The molecule has 0 radical (unpaired) electrons. The zero-order valence-electron chi connectivity index (χ0n) is 9.85. The summed E-state index contributed by atoms with van der Waals surface area (Å²) in [6, 6.07) is 0.418. The molecule has 0 bridgehead atoms. The van der Waals surface area contributed by atoms with Gasteiger partial charge in [0.05, 0.1) is 0 Å². The third-order valence-corrected chi connectivity index (χ3v) is 2.41. The summed E-state index contributed by atoms with van der Waals surface area (Å²) in [7, 11) is 0. The second-order valence-corrected chi connectivity index (χ2v) is 4.51. The number of hydrogen-bond donors (Lipinski definition) is 1. The van der Waals surface area contributed by atoms with Crippen molar-refractivity contribution < 1.29 is 0 Å². The summed E-state index contributed by atoms with van der Waals surface area (Å²) in [5, 5.41) is 0. The van der Waals surface area contributed by atoms with E-state index in [1.54, 1.807) is 5.57 Å². The Morgan fingerprint density at radius 1 is 1.31 bits per heavy atom. The van der Waals surface area contributed by atoms with E-state index in [-0.39, 0.29) is 0 Å². The maximum atomic E-state index is 5.80. The number of nitrogens with two attached hydrogens (primary N) is 1. The van der Waals surface area contributed by atoms with Gasteiger partial charge in [-0.3, -0.25) is 0 Å². The Hall–Kier alpha value is -0.300. The van der Waals surface area contributed by atoms with Gasteiger partial charge >= 0.3 is 0 Å². The fraction of sp³-hybridized carbons (Fsp3) is 0.833. The summed E-state index contributed by atoms with van der Waals surface area (Å²) in [6.07, 6.45) is 5.77. The maximum Gasteiger partial charge on any atom is 0.00765 e. The van der Waals surface area contributed by atoms with Crippen LogP contribution < -0.4 is 5.73 Å². The standard InChI is InChI=1S/C10H19N.C2H6/c1-10(2,3)8-4-6-9(11)7-5-8;1-2/h4,9H,5-7,11H2,1-3H3;1-2H3/t9-;/m1./s1. The molecule has 0 aromatic heterocycles. The van der Waals surface area contributed by atoms with E-state index in [4.69, 9.17) is 5.73 Å². The lowest BCUT2D eigenvalue weighted by Gasteiger charge is -2.28. The van der Waals surface area contributed by atoms with Crippen molar-refractivity contribution in [3.05, 3.63) is 11.6 Å². The molecule has 0 aliphatic heterocycles. The summed E-state index contributed by atoms with van der Waals surface area (Å²) in [5.74, 6) is 0. The van der Waals surface area contributed by atoms with Gasteiger partial charge < -0.3 is 5.73 Å². The Bertz CT molecular complexity index is 162. The van der Waals surface area contributed by atoms with Crippen LogP contribution >= 0.6 is 0 Å². The maximum absolute atomic E-state index is 5.80.